The van der Waals surface area contributed by atoms with Crippen LogP contribution >= 0.6 is 0 Å². The Balaban J connectivity index is 1.88. The molecule has 137 valence electrons. The van der Waals surface area contributed by atoms with Gasteiger partial charge in [0.05, 0.1) is 12.3 Å². The molecule has 1 aromatic carbocycles. The lowest BCUT2D eigenvalue weighted by molar-refractivity contribution is 0.110. The molecule has 0 aliphatic rings. The van der Waals surface area contributed by atoms with Gasteiger partial charge in [0.25, 0.3) is 0 Å². The molecule has 1 radical (unpaired) electrons. The van der Waals surface area contributed by atoms with Gasteiger partial charge in [-0.05, 0) is 25.5 Å². The van der Waals surface area contributed by atoms with Crippen LogP contribution in [0.15, 0.2) is 30.3 Å². The van der Waals surface area contributed by atoms with Crippen molar-refractivity contribution in [3.8, 4) is 0 Å². The van der Waals surface area contributed by atoms with Gasteiger partial charge >= 0.3 is 0 Å². The first-order chi connectivity index (χ1) is 11.9. The second-order valence-electron chi connectivity index (χ2n) is 6.66. The Morgan fingerprint density at radius 3 is 1.75 bits per heavy atom. The zero-order valence-electron chi connectivity index (χ0n) is 15.8. The van der Waals surface area contributed by atoms with Crippen LogP contribution in [0.2, 0.25) is 0 Å². The van der Waals surface area contributed by atoms with Gasteiger partial charge in [-0.2, -0.15) is 0 Å². The highest BCUT2D eigenvalue weighted by molar-refractivity contribution is 5.43. The number of unbranched alkanes of at least 4 members (excludes halogenated alkanes) is 11. The minimum atomic E-state index is 0.641. The minimum Gasteiger partial charge on any atom is -0.273 e. The molecule has 0 aliphatic heterocycles. The lowest BCUT2D eigenvalue weighted by atomic mass is 10.1. The van der Waals surface area contributed by atoms with Crippen LogP contribution in [0.3, 0.4) is 0 Å². The van der Waals surface area contributed by atoms with Crippen molar-refractivity contribution >= 4 is 5.69 Å². The number of para-hydroxylation sites is 1. The van der Waals surface area contributed by atoms with Crippen LogP contribution in [0.4, 0.5) is 5.69 Å². The lowest BCUT2D eigenvalue weighted by Gasteiger charge is -2.22. The summed E-state index contributed by atoms with van der Waals surface area (Å²) in [5, 5.41) is 1.89. The van der Waals surface area contributed by atoms with Crippen LogP contribution in [0.1, 0.15) is 84.0 Å². The third-order valence-corrected chi connectivity index (χ3v) is 4.49. The monoisotopic (exact) mass is 332 g/mol. The number of rotatable bonds is 16. The molecule has 0 fully saturated rings. The summed E-state index contributed by atoms with van der Waals surface area (Å²) in [5.41, 5.74) is 1.09. The van der Waals surface area contributed by atoms with E-state index in [1.807, 2.05) is 23.3 Å². The van der Waals surface area contributed by atoms with Crippen LogP contribution in [0, 0.1) is 6.92 Å². The summed E-state index contributed by atoms with van der Waals surface area (Å²) in [6.07, 6.45) is 16.5. The van der Waals surface area contributed by atoms with Crippen molar-refractivity contribution in [3.63, 3.8) is 0 Å². The molecular formula is C22H38NO. The Morgan fingerprint density at radius 2 is 1.25 bits per heavy atom. The molecule has 0 atom stereocenters. The SMILES string of the molecule is [CH2]CN(OCCCCCCCCCCCCCC)c1ccccc1. The average molecular weight is 333 g/mol. The number of nitrogens with zero attached hydrogens (tertiary/aromatic N) is 1. The molecule has 0 bridgehead atoms. The van der Waals surface area contributed by atoms with Crippen molar-refractivity contribution < 1.29 is 4.84 Å². The quantitative estimate of drug-likeness (QED) is 0.240. The van der Waals surface area contributed by atoms with E-state index in [1.165, 1.54) is 70.6 Å². The minimum absolute atomic E-state index is 0.641. The zero-order chi connectivity index (χ0) is 17.3. The normalized spacial score (nSPS) is 10.9. The fourth-order valence-electron chi connectivity index (χ4n) is 2.98. The van der Waals surface area contributed by atoms with E-state index in [0.717, 1.165) is 18.7 Å². The maximum atomic E-state index is 5.84. The van der Waals surface area contributed by atoms with E-state index in [1.54, 1.807) is 0 Å². The average Bonchev–Trinajstić information content (AvgIpc) is 2.63. The van der Waals surface area contributed by atoms with E-state index >= 15 is 0 Å². The second kappa shape index (κ2) is 15.5. The fraction of sp³-hybridized carbons (Fsp3) is 0.682. The van der Waals surface area contributed by atoms with Crippen molar-refractivity contribution in [2.45, 2.75) is 84.0 Å². The molecule has 0 spiro atoms. The predicted molar refractivity (Wildman–Crippen MR) is 106 cm³/mol. The molecule has 0 aromatic heterocycles. The molecule has 0 heterocycles. The van der Waals surface area contributed by atoms with Gasteiger partial charge in [0.1, 0.15) is 0 Å². The molecule has 0 unspecified atom stereocenters. The molecule has 0 saturated carbocycles. The first-order valence-electron chi connectivity index (χ1n) is 10.1. The summed E-state index contributed by atoms with van der Waals surface area (Å²) in [4.78, 5) is 5.84. The van der Waals surface area contributed by atoms with Gasteiger partial charge in [0.2, 0.25) is 0 Å². The Bertz CT molecular complexity index is 365. The molecule has 24 heavy (non-hydrogen) atoms. The fourth-order valence-corrected chi connectivity index (χ4v) is 2.98. The zero-order valence-corrected chi connectivity index (χ0v) is 15.8. The van der Waals surface area contributed by atoms with Crippen molar-refractivity contribution in [1.82, 2.24) is 0 Å². The number of anilines is 1. The highest BCUT2D eigenvalue weighted by Crippen LogP contribution is 2.14. The third kappa shape index (κ3) is 10.7. The van der Waals surface area contributed by atoms with E-state index in [9.17, 15) is 0 Å². The summed E-state index contributed by atoms with van der Waals surface area (Å²) in [5.74, 6) is 0. The highest BCUT2D eigenvalue weighted by atomic mass is 16.7. The van der Waals surface area contributed by atoms with Crippen LogP contribution < -0.4 is 5.06 Å². The maximum absolute atomic E-state index is 5.84. The summed E-state index contributed by atoms with van der Waals surface area (Å²) < 4.78 is 0. The van der Waals surface area contributed by atoms with Crippen molar-refractivity contribution in [2.75, 3.05) is 18.2 Å². The Hall–Kier alpha value is -1.02. The molecule has 0 N–H and O–H groups in total. The van der Waals surface area contributed by atoms with Crippen LogP contribution in [0.5, 0.6) is 0 Å². The largest absolute Gasteiger partial charge is 0.273 e. The van der Waals surface area contributed by atoms with E-state index in [4.69, 9.17) is 4.84 Å². The third-order valence-electron chi connectivity index (χ3n) is 4.49. The maximum Gasteiger partial charge on any atom is 0.0748 e. The second-order valence-corrected chi connectivity index (χ2v) is 6.66. The van der Waals surface area contributed by atoms with Crippen molar-refractivity contribution in [3.05, 3.63) is 37.3 Å². The predicted octanol–water partition coefficient (Wildman–Crippen LogP) is 6.96. The Kier molecular flexibility index (Phi) is 13.6. The molecule has 0 aliphatic carbocycles. The van der Waals surface area contributed by atoms with E-state index in [0.29, 0.717) is 6.54 Å². The molecular weight excluding hydrogens is 294 g/mol. The van der Waals surface area contributed by atoms with E-state index in [2.05, 4.69) is 26.0 Å². The summed E-state index contributed by atoms with van der Waals surface area (Å²) in [6.45, 7) is 7.66. The van der Waals surface area contributed by atoms with Gasteiger partial charge in [-0.1, -0.05) is 95.8 Å². The van der Waals surface area contributed by atoms with Gasteiger partial charge < -0.3 is 0 Å². The number of benzene rings is 1. The highest BCUT2D eigenvalue weighted by Gasteiger charge is 2.03. The van der Waals surface area contributed by atoms with Gasteiger partial charge in [0, 0.05) is 6.54 Å². The molecule has 1 rings (SSSR count). The van der Waals surface area contributed by atoms with Crippen molar-refractivity contribution in [1.29, 1.82) is 0 Å². The first-order valence-corrected chi connectivity index (χ1v) is 10.1. The molecule has 2 nitrogen and oxygen atoms in total. The number of hydrogen-bond acceptors (Lipinski definition) is 2. The molecule has 2 heteroatoms. The first kappa shape index (κ1) is 21.0. The Morgan fingerprint density at radius 1 is 0.750 bits per heavy atom. The smallest absolute Gasteiger partial charge is 0.0748 e. The number of hydrogen-bond donors (Lipinski definition) is 0. The summed E-state index contributed by atoms with van der Waals surface area (Å²) in [7, 11) is 0. The van der Waals surface area contributed by atoms with E-state index in [-0.39, 0.29) is 0 Å². The lowest BCUT2D eigenvalue weighted by Crippen LogP contribution is -2.23. The standard InChI is InChI=1S/C22H38NO/c1-3-5-6-7-8-9-10-11-12-13-14-18-21-24-23(4-2)22-19-16-15-17-20-22/h15-17,19-20H,2-14,18,21H2,1H3. The van der Waals surface area contributed by atoms with Gasteiger partial charge in [0.15, 0.2) is 0 Å². The van der Waals surface area contributed by atoms with Gasteiger partial charge in [-0.25, -0.2) is 0 Å². The molecule has 0 saturated heterocycles. The van der Waals surface area contributed by atoms with Crippen LogP contribution in [0.25, 0.3) is 0 Å². The van der Waals surface area contributed by atoms with Crippen molar-refractivity contribution in [2.24, 2.45) is 0 Å². The van der Waals surface area contributed by atoms with Crippen LogP contribution in [-0.2, 0) is 4.84 Å². The molecule has 0 amide bonds. The number of hydroxylamine groups is 1. The van der Waals surface area contributed by atoms with Gasteiger partial charge in [-0.15, -0.1) is 0 Å². The summed E-state index contributed by atoms with van der Waals surface area (Å²) in [6, 6.07) is 10.2. The Labute approximate surface area is 150 Å². The summed E-state index contributed by atoms with van der Waals surface area (Å²) >= 11 is 0. The van der Waals surface area contributed by atoms with E-state index < -0.39 is 0 Å². The van der Waals surface area contributed by atoms with Gasteiger partial charge in [-0.3, -0.25) is 9.90 Å². The molecule has 1 aromatic rings. The topological polar surface area (TPSA) is 12.5 Å². The van der Waals surface area contributed by atoms with Crippen LogP contribution in [-0.4, -0.2) is 13.2 Å².